The van der Waals surface area contributed by atoms with E-state index in [1.54, 1.807) is 13.0 Å². The Hall–Kier alpha value is -1.56. The van der Waals surface area contributed by atoms with Crippen LogP contribution in [0.4, 0.5) is 4.79 Å². The molecule has 0 aliphatic carbocycles. The molecule has 6 heteroatoms. The maximum absolute atomic E-state index is 11.7. The van der Waals surface area contributed by atoms with Gasteiger partial charge in [-0.3, -0.25) is 0 Å². The van der Waals surface area contributed by atoms with Crippen LogP contribution < -0.4 is 4.74 Å². The lowest BCUT2D eigenvalue weighted by Gasteiger charge is -2.01. The van der Waals surface area contributed by atoms with Crippen LogP contribution in [0.5, 0.6) is 5.88 Å². The highest BCUT2D eigenvalue weighted by Crippen LogP contribution is 2.27. The topological polar surface area (TPSA) is 53.4 Å². The number of rotatable bonds is 2. The van der Waals surface area contributed by atoms with Gasteiger partial charge in [-0.05, 0) is 25.1 Å². The van der Waals surface area contributed by atoms with Crippen molar-refractivity contribution in [3.63, 3.8) is 0 Å². The Kier molecular flexibility index (Phi) is 3.33. The van der Waals surface area contributed by atoms with Gasteiger partial charge in [-0.2, -0.15) is 4.68 Å². The molecule has 1 heterocycles. The molecule has 5 nitrogen and oxygen atoms in total. The number of carbonyl (C=O) groups excluding carboxylic acids is 1. The van der Waals surface area contributed by atoms with E-state index in [4.69, 9.17) is 9.47 Å². The molecule has 0 atom stereocenters. The lowest BCUT2D eigenvalue weighted by Crippen LogP contribution is -2.14. The van der Waals surface area contributed by atoms with Crippen molar-refractivity contribution in [2.24, 2.45) is 0 Å². The minimum Gasteiger partial charge on any atom is -0.479 e. The molecule has 0 aliphatic heterocycles. The van der Waals surface area contributed by atoms with Crippen LogP contribution >= 0.6 is 15.9 Å². The summed E-state index contributed by atoms with van der Waals surface area (Å²) in [6, 6.07) is 5.49. The van der Waals surface area contributed by atoms with Gasteiger partial charge in [-0.15, -0.1) is 5.10 Å². The van der Waals surface area contributed by atoms with Gasteiger partial charge in [0, 0.05) is 4.47 Å². The van der Waals surface area contributed by atoms with Gasteiger partial charge >= 0.3 is 6.09 Å². The van der Waals surface area contributed by atoms with Gasteiger partial charge in [0.05, 0.1) is 24.6 Å². The Balaban J connectivity index is 2.62. The standard InChI is InChI=1S/C11H11BrN2O3/c1-3-17-11(15)14-9-6-7(12)4-5-8(9)10(13-14)16-2/h4-6H,3H2,1-2H3. The number of nitrogens with zero attached hydrogens (tertiary/aromatic N) is 2. The van der Waals surface area contributed by atoms with Crippen molar-refractivity contribution in [1.82, 2.24) is 9.78 Å². The number of fused-ring (bicyclic) bond motifs is 1. The van der Waals surface area contributed by atoms with Crippen molar-refractivity contribution in [3.8, 4) is 5.88 Å². The molecule has 1 aromatic carbocycles. The fraction of sp³-hybridized carbons (Fsp3) is 0.273. The van der Waals surface area contributed by atoms with Crippen LogP contribution in [0.25, 0.3) is 10.9 Å². The first-order valence-electron chi connectivity index (χ1n) is 5.06. The lowest BCUT2D eigenvalue weighted by atomic mass is 10.2. The van der Waals surface area contributed by atoms with Gasteiger partial charge < -0.3 is 9.47 Å². The summed E-state index contributed by atoms with van der Waals surface area (Å²) in [7, 11) is 1.51. The third kappa shape index (κ3) is 2.12. The fourth-order valence-corrected chi connectivity index (χ4v) is 1.88. The van der Waals surface area contributed by atoms with Gasteiger partial charge in [-0.1, -0.05) is 15.9 Å². The molecule has 90 valence electrons. The van der Waals surface area contributed by atoms with E-state index in [1.165, 1.54) is 11.8 Å². The fourth-order valence-electron chi connectivity index (χ4n) is 1.53. The van der Waals surface area contributed by atoms with Crippen molar-refractivity contribution in [2.75, 3.05) is 13.7 Å². The Morgan fingerprint density at radius 2 is 2.29 bits per heavy atom. The molecular weight excluding hydrogens is 288 g/mol. The van der Waals surface area contributed by atoms with E-state index in [-0.39, 0.29) is 0 Å². The molecule has 0 spiro atoms. The SMILES string of the molecule is CCOC(=O)n1nc(OC)c2ccc(Br)cc21. The largest absolute Gasteiger partial charge is 0.479 e. The number of ether oxygens (including phenoxy) is 2. The lowest BCUT2D eigenvalue weighted by molar-refractivity contribution is 0.151. The molecule has 0 saturated heterocycles. The zero-order chi connectivity index (χ0) is 12.4. The number of aromatic nitrogens is 2. The van der Waals surface area contributed by atoms with Gasteiger partial charge in [0.15, 0.2) is 0 Å². The quantitative estimate of drug-likeness (QED) is 0.855. The summed E-state index contributed by atoms with van der Waals surface area (Å²) in [6.07, 6.45) is -0.515. The van der Waals surface area contributed by atoms with E-state index in [0.717, 1.165) is 9.86 Å². The van der Waals surface area contributed by atoms with Crippen molar-refractivity contribution < 1.29 is 14.3 Å². The summed E-state index contributed by atoms with van der Waals surface area (Å²) in [5.74, 6) is 0.403. The molecule has 0 aliphatic rings. The van der Waals surface area contributed by atoms with Crippen LogP contribution in [0, 0.1) is 0 Å². The monoisotopic (exact) mass is 298 g/mol. The van der Waals surface area contributed by atoms with Crippen molar-refractivity contribution in [3.05, 3.63) is 22.7 Å². The van der Waals surface area contributed by atoms with Crippen molar-refractivity contribution in [1.29, 1.82) is 0 Å². The van der Waals surface area contributed by atoms with Crippen LogP contribution in [0.2, 0.25) is 0 Å². The molecular formula is C11H11BrN2O3. The van der Waals surface area contributed by atoms with Crippen LogP contribution in [-0.2, 0) is 4.74 Å². The molecule has 2 aromatic rings. The average molecular weight is 299 g/mol. The van der Waals surface area contributed by atoms with E-state index in [2.05, 4.69) is 21.0 Å². The third-order valence-electron chi connectivity index (χ3n) is 2.24. The zero-order valence-electron chi connectivity index (χ0n) is 9.44. The van der Waals surface area contributed by atoms with Crippen LogP contribution in [0.15, 0.2) is 22.7 Å². The second kappa shape index (κ2) is 4.75. The van der Waals surface area contributed by atoms with Crippen LogP contribution in [0.3, 0.4) is 0 Å². The molecule has 17 heavy (non-hydrogen) atoms. The minimum absolute atomic E-state index is 0.302. The summed E-state index contributed by atoms with van der Waals surface area (Å²) >= 11 is 3.35. The first-order chi connectivity index (χ1) is 8.17. The van der Waals surface area contributed by atoms with E-state index in [1.807, 2.05) is 12.1 Å². The van der Waals surface area contributed by atoms with Gasteiger partial charge in [0.2, 0.25) is 5.88 Å². The van der Waals surface area contributed by atoms with Crippen molar-refractivity contribution >= 4 is 32.9 Å². The predicted molar refractivity (Wildman–Crippen MR) is 66.4 cm³/mol. The highest BCUT2D eigenvalue weighted by molar-refractivity contribution is 9.10. The summed E-state index contributed by atoms with van der Waals surface area (Å²) < 4.78 is 12.1. The van der Waals surface area contributed by atoms with E-state index < -0.39 is 6.09 Å². The molecule has 0 bridgehead atoms. The first kappa shape index (κ1) is 11.9. The molecule has 0 saturated carbocycles. The van der Waals surface area contributed by atoms with Gasteiger partial charge in [0.25, 0.3) is 0 Å². The molecule has 0 radical (unpaired) electrons. The Morgan fingerprint density at radius 3 is 2.94 bits per heavy atom. The number of benzene rings is 1. The summed E-state index contributed by atoms with van der Waals surface area (Å²) in [5, 5.41) is 4.83. The smallest absolute Gasteiger partial charge is 0.435 e. The number of carbonyl (C=O) groups is 1. The molecule has 0 fully saturated rings. The molecule has 0 unspecified atom stereocenters. The van der Waals surface area contributed by atoms with Crippen LogP contribution in [-0.4, -0.2) is 29.6 Å². The number of hydrogen-bond acceptors (Lipinski definition) is 4. The Labute approximate surface area is 106 Å². The highest BCUT2D eigenvalue weighted by Gasteiger charge is 2.16. The molecule has 2 rings (SSSR count). The number of methoxy groups -OCH3 is 1. The first-order valence-corrected chi connectivity index (χ1v) is 5.86. The summed E-state index contributed by atoms with van der Waals surface area (Å²) in [4.78, 5) is 11.7. The van der Waals surface area contributed by atoms with E-state index >= 15 is 0 Å². The second-order valence-corrected chi connectivity index (χ2v) is 4.20. The summed E-state index contributed by atoms with van der Waals surface area (Å²) in [6.45, 7) is 2.05. The number of hydrogen-bond donors (Lipinski definition) is 0. The van der Waals surface area contributed by atoms with E-state index in [0.29, 0.717) is 18.0 Å². The third-order valence-corrected chi connectivity index (χ3v) is 2.74. The summed E-state index contributed by atoms with van der Waals surface area (Å²) in [5.41, 5.74) is 0.648. The molecule has 1 aromatic heterocycles. The highest BCUT2D eigenvalue weighted by atomic mass is 79.9. The molecule has 0 amide bonds. The Morgan fingerprint density at radius 1 is 1.53 bits per heavy atom. The maximum atomic E-state index is 11.7. The predicted octanol–water partition coefficient (Wildman–Crippen LogP) is 2.81. The molecule has 0 N–H and O–H groups in total. The second-order valence-electron chi connectivity index (χ2n) is 3.28. The van der Waals surface area contributed by atoms with E-state index in [9.17, 15) is 4.79 Å². The van der Waals surface area contributed by atoms with Gasteiger partial charge in [0.1, 0.15) is 0 Å². The zero-order valence-corrected chi connectivity index (χ0v) is 11.0. The minimum atomic E-state index is -0.515. The Bertz CT molecular complexity index is 565. The number of halogens is 1. The van der Waals surface area contributed by atoms with Gasteiger partial charge in [-0.25, -0.2) is 4.79 Å². The maximum Gasteiger partial charge on any atom is 0.435 e. The van der Waals surface area contributed by atoms with Crippen LogP contribution in [0.1, 0.15) is 6.92 Å². The van der Waals surface area contributed by atoms with Crippen molar-refractivity contribution in [2.45, 2.75) is 6.92 Å². The normalized spacial score (nSPS) is 10.5. The average Bonchev–Trinajstić information content (AvgIpc) is 2.67.